The molecule has 0 heterocycles. The Morgan fingerprint density at radius 1 is 0.952 bits per heavy atom. The van der Waals surface area contributed by atoms with Crippen LogP contribution in [0.25, 0.3) is 0 Å². The van der Waals surface area contributed by atoms with Crippen molar-refractivity contribution >= 4 is 38.5 Å². The Balaban J connectivity index is 2.53. The summed E-state index contributed by atoms with van der Waals surface area (Å²) in [5, 5.41) is 0. The van der Waals surface area contributed by atoms with Gasteiger partial charge < -0.3 is 14.2 Å². The molecule has 2 rings (SSSR count). The second-order valence-corrected chi connectivity index (χ2v) is 6.50. The number of halogens is 2. The maximum Gasteiger partial charge on any atom is 0.203 e. The maximum absolute atomic E-state index is 5.55. The van der Waals surface area contributed by atoms with Gasteiger partial charge in [-0.25, -0.2) is 0 Å². The quantitative estimate of drug-likeness (QED) is 0.471. The second kappa shape index (κ2) is 7.35. The van der Waals surface area contributed by atoms with Crippen molar-refractivity contribution in [3.63, 3.8) is 0 Å². The van der Waals surface area contributed by atoms with Crippen LogP contribution < -0.4 is 14.2 Å². The number of rotatable bonds is 5. The fourth-order valence-electron chi connectivity index (χ4n) is 2.17. The molecule has 1 atom stereocenters. The van der Waals surface area contributed by atoms with Gasteiger partial charge in [0, 0.05) is 9.13 Å². The van der Waals surface area contributed by atoms with Crippen molar-refractivity contribution in [2.24, 2.45) is 0 Å². The van der Waals surface area contributed by atoms with Crippen molar-refractivity contribution in [3.8, 4) is 17.2 Å². The van der Waals surface area contributed by atoms with E-state index in [4.69, 9.17) is 14.2 Å². The second-order valence-electron chi connectivity index (χ2n) is 4.34. The van der Waals surface area contributed by atoms with Gasteiger partial charge >= 0.3 is 0 Å². The van der Waals surface area contributed by atoms with Crippen molar-refractivity contribution in [2.75, 3.05) is 21.3 Å². The molecule has 112 valence electrons. The smallest absolute Gasteiger partial charge is 0.203 e. The molecule has 0 amide bonds. The van der Waals surface area contributed by atoms with Gasteiger partial charge in [0.15, 0.2) is 11.5 Å². The Kier molecular flexibility index (Phi) is 5.75. The molecule has 0 aromatic heterocycles. The van der Waals surface area contributed by atoms with Gasteiger partial charge in [0.1, 0.15) is 0 Å². The van der Waals surface area contributed by atoms with E-state index in [1.165, 1.54) is 3.57 Å². The monoisotopic (exact) mass is 462 g/mol. The average molecular weight is 463 g/mol. The zero-order valence-corrected chi connectivity index (χ0v) is 15.8. The summed E-state index contributed by atoms with van der Waals surface area (Å²) in [6, 6.07) is 12.2. The van der Waals surface area contributed by atoms with Crippen molar-refractivity contribution < 1.29 is 14.2 Å². The summed E-state index contributed by atoms with van der Waals surface area (Å²) in [6.45, 7) is 0. The van der Waals surface area contributed by atoms with E-state index in [1.54, 1.807) is 21.3 Å². The molecular weight excluding hydrogens is 447 g/mol. The van der Waals surface area contributed by atoms with Crippen molar-refractivity contribution in [1.29, 1.82) is 0 Å². The lowest BCUT2D eigenvalue weighted by molar-refractivity contribution is 0.322. The topological polar surface area (TPSA) is 27.7 Å². The number of ether oxygens (including phenoxy) is 3. The van der Waals surface area contributed by atoms with Gasteiger partial charge in [0.2, 0.25) is 5.75 Å². The zero-order valence-electron chi connectivity index (χ0n) is 12.0. The summed E-state index contributed by atoms with van der Waals surface area (Å²) >= 11 is 6.05. The summed E-state index contributed by atoms with van der Waals surface area (Å²) < 4.78 is 17.5. The molecule has 2 aromatic carbocycles. The third-order valence-corrected chi connectivity index (χ3v) is 4.84. The molecular formula is C16H16BrIO3. The van der Waals surface area contributed by atoms with Crippen LogP contribution in [-0.2, 0) is 0 Å². The molecule has 0 bridgehead atoms. The third-order valence-electron chi connectivity index (χ3n) is 3.15. The van der Waals surface area contributed by atoms with E-state index >= 15 is 0 Å². The van der Waals surface area contributed by atoms with Crippen molar-refractivity contribution in [1.82, 2.24) is 0 Å². The Labute approximate surface area is 146 Å². The molecule has 0 aliphatic heterocycles. The Hall–Kier alpha value is -0.950. The number of benzene rings is 2. The lowest BCUT2D eigenvalue weighted by Gasteiger charge is -2.19. The van der Waals surface area contributed by atoms with Gasteiger partial charge in [0.05, 0.1) is 26.2 Å². The number of hydrogen-bond donors (Lipinski definition) is 0. The molecule has 0 saturated heterocycles. The minimum absolute atomic E-state index is 0.0157. The molecule has 2 aromatic rings. The maximum atomic E-state index is 5.55. The van der Waals surface area contributed by atoms with Crippen LogP contribution in [0.4, 0.5) is 0 Å². The molecule has 0 spiro atoms. The van der Waals surface area contributed by atoms with Gasteiger partial charge in [-0.2, -0.15) is 0 Å². The highest BCUT2D eigenvalue weighted by Crippen LogP contribution is 2.46. The van der Waals surface area contributed by atoms with E-state index in [0.717, 1.165) is 11.1 Å². The normalized spacial score (nSPS) is 11.9. The first-order valence-electron chi connectivity index (χ1n) is 6.30. The van der Waals surface area contributed by atoms with Crippen LogP contribution in [0.1, 0.15) is 16.0 Å². The largest absolute Gasteiger partial charge is 0.493 e. The van der Waals surface area contributed by atoms with Crippen LogP contribution in [0.5, 0.6) is 17.2 Å². The van der Waals surface area contributed by atoms with Crippen LogP contribution in [-0.4, -0.2) is 21.3 Å². The van der Waals surface area contributed by atoms with E-state index in [0.29, 0.717) is 17.2 Å². The van der Waals surface area contributed by atoms with E-state index in [1.807, 2.05) is 18.2 Å². The lowest BCUT2D eigenvalue weighted by Crippen LogP contribution is -2.01. The van der Waals surface area contributed by atoms with Gasteiger partial charge in [-0.05, 0) is 52.4 Å². The highest BCUT2D eigenvalue weighted by Gasteiger charge is 2.21. The summed E-state index contributed by atoms with van der Waals surface area (Å²) in [6.07, 6.45) is 0. The fraction of sp³-hybridized carbons (Fsp3) is 0.250. The number of methoxy groups -OCH3 is 3. The summed E-state index contributed by atoms with van der Waals surface area (Å²) in [4.78, 5) is 0.0157. The molecule has 0 radical (unpaired) electrons. The van der Waals surface area contributed by atoms with Crippen LogP contribution in [0.3, 0.4) is 0 Å². The van der Waals surface area contributed by atoms with Crippen LogP contribution in [0, 0.1) is 3.57 Å². The Morgan fingerprint density at radius 2 is 1.67 bits per heavy atom. The first kappa shape index (κ1) is 16.4. The molecule has 21 heavy (non-hydrogen) atoms. The molecule has 0 aliphatic rings. The highest BCUT2D eigenvalue weighted by atomic mass is 127. The highest BCUT2D eigenvalue weighted by molar-refractivity contribution is 14.1. The van der Waals surface area contributed by atoms with Crippen LogP contribution in [0.2, 0.25) is 0 Å². The van der Waals surface area contributed by atoms with E-state index in [9.17, 15) is 0 Å². The lowest BCUT2D eigenvalue weighted by atomic mass is 10.0. The predicted molar refractivity (Wildman–Crippen MR) is 96.0 cm³/mol. The first-order valence-corrected chi connectivity index (χ1v) is 8.30. The Bertz CT molecular complexity index is 631. The van der Waals surface area contributed by atoms with Crippen molar-refractivity contribution in [3.05, 3.63) is 51.1 Å². The van der Waals surface area contributed by atoms with Crippen molar-refractivity contribution in [2.45, 2.75) is 4.83 Å². The fourth-order valence-corrected chi connectivity index (χ4v) is 3.38. The number of alkyl halides is 1. The van der Waals surface area contributed by atoms with Gasteiger partial charge in [0.25, 0.3) is 0 Å². The predicted octanol–water partition coefficient (Wildman–Crippen LogP) is 4.80. The molecule has 0 aliphatic carbocycles. The van der Waals surface area contributed by atoms with Crippen LogP contribution >= 0.6 is 38.5 Å². The van der Waals surface area contributed by atoms with Crippen LogP contribution in [0.15, 0.2) is 36.4 Å². The third kappa shape index (κ3) is 3.45. The first-order chi connectivity index (χ1) is 10.1. The summed E-state index contributed by atoms with van der Waals surface area (Å²) in [5.41, 5.74) is 2.16. The van der Waals surface area contributed by atoms with Gasteiger partial charge in [-0.1, -0.05) is 28.1 Å². The Morgan fingerprint density at radius 3 is 2.24 bits per heavy atom. The van der Waals surface area contributed by atoms with Gasteiger partial charge in [-0.3, -0.25) is 0 Å². The number of hydrogen-bond acceptors (Lipinski definition) is 3. The van der Waals surface area contributed by atoms with Gasteiger partial charge in [-0.15, -0.1) is 0 Å². The SMILES string of the molecule is COc1ccc(C(Br)c2cccc(I)c2)c(OC)c1OC. The summed E-state index contributed by atoms with van der Waals surface area (Å²) in [5.74, 6) is 1.94. The average Bonchev–Trinajstić information content (AvgIpc) is 2.52. The molecule has 0 N–H and O–H groups in total. The van der Waals surface area contributed by atoms with E-state index in [2.05, 4.69) is 56.7 Å². The molecule has 5 heteroatoms. The molecule has 3 nitrogen and oxygen atoms in total. The summed E-state index contributed by atoms with van der Waals surface area (Å²) in [7, 11) is 4.86. The standard InChI is InChI=1S/C16H16BrIO3/c1-19-13-8-7-12(15(20-2)16(13)21-3)14(17)10-5-4-6-11(18)9-10/h4-9,14H,1-3H3. The molecule has 1 unspecified atom stereocenters. The van der Waals surface area contributed by atoms with E-state index in [-0.39, 0.29) is 4.83 Å². The molecule has 0 saturated carbocycles. The van der Waals surface area contributed by atoms with E-state index < -0.39 is 0 Å². The minimum atomic E-state index is 0.0157. The zero-order chi connectivity index (χ0) is 15.4. The molecule has 0 fully saturated rings. The minimum Gasteiger partial charge on any atom is -0.493 e.